The lowest BCUT2D eigenvalue weighted by molar-refractivity contribution is -0.135. The summed E-state index contributed by atoms with van der Waals surface area (Å²) in [5, 5.41) is 0. The molecule has 1 aromatic heterocycles. The van der Waals surface area contributed by atoms with Gasteiger partial charge in [-0.25, -0.2) is 0 Å². The first kappa shape index (κ1) is 12.6. The summed E-state index contributed by atoms with van der Waals surface area (Å²) in [5.41, 5.74) is 6.15. The van der Waals surface area contributed by atoms with Crippen molar-refractivity contribution in [2.75, 3.05) is 32.0 Å². The summed E-state index contributed by atoms with van der Waals surface area (Å²) >= 11 is 0. The number of ether oxygens (including phenoxy) is 1. The molecule has 6 heteroatoms. The van der Waals surface area contributed by atoms with Gasteiger partial charge in [0.2, 0.25) is 5.91 Å². The average Bonchev–Trinajstić information content (AvgIpc) is 2.40. The van der Waals surface area contributed by atoms with Crippen LogP contribution >= 0.6 is 0 Å². The first-order chi connectivity index (χ1) is 8.59. The van der Waals surface area contributed by atoms with Crippen LogP contribution in [-0.2, 0) is 16.1 Å². The van der Waals surface area contributed by atoms with E-state index >= 15 is 0 Å². The molecule has 0 saturated carbocycles. The molecular weight excluding hydrogens is 234 g/mol. The van der Waals surface area contributed by atoms with Crippen LogP contribution in [0.25, 0.3) is 0 Å². The van der Waals surface area contributed by atoms with E-state index in [0.717, 1.165) is 5.69 Å². The van der Waals surface area contributed by atoms with Crippen molar-refractivity contribution in [2.45, 2.75) is 13.5 Å². The Morgan fingerprint density at radius 1 is 1.39 bits per heavy atom. The number of nitrogen functional groups attached to an aromatic ring is 1. The van der Waals surface area contributed by atoms with Crippen LogP contribution in [0.15, 0.2) is 16.9 Å². The van der Waals surface area contributed by atoms with Crippen LogP contribution in [0.5, 0.6) is 0 Å². The Labute approximate surface area is 105 Å². The van der Waals surface area contributed by atoms with Gasteiger partial charge in [0, 0.05) is 18.8 Å². The van der Waals surface area contributed by atoms with Crippen molar-refractivity contribution in [1.82, 2.24) is 9.47 Å². The minimum absolute atomic E-state index is 0.0374. The van der Waals surface area contributed by atoms with Crippen LogP contribution in [0.1, 0.15) is 5.69 Å². The second-order valence-electron chi connectivity index (χ2n) is 4.31. The summed E-state index contributed by atoms with van der Waals surface area (Å²) in [6.07, 6.45) is 0. The van der Waals surface area contributed by atoms with Crippen molar-refractivity contribution in [3.63, 3.8) is 0 Å². The molecule has 0 unspecified atom stereocenters. The molecule has 1 amide bonds. The SMILES string of the molecule is Cc1ccc(N)c(=O)n1CC(=O)N1CCOCC1. The lowest BCUT2D eigenvalue weighted by atomic mass is 10.3. The van der Waals surface area contributed by atoms with Gasteiger partial charge in [0.1, 0.15) is 6.54 Å². The zero-order chi connectivity index (χ0) is 13.1. The molecule has 1 aromatic rings. The molecule has 98 valence electrons. The number of nitrogens with two attached hydrogens (primary N) is 1. The highest BCUT2D eigenvalue weighted by Gasteiger charge is 2.18. The van der Waals surface area contributed by atoms with Crippen molar-refractivity contribution in [1.29, 1.82) is 0 Å². The van der Waals surface area contributed by atoms with Gasteiger partial charge in [0.25, 0.3) is 5.56 Å². The number of anilines is 1. The maximum absolute atomic E-state index is 12.1. The molecule has 0 spiro atoms. The van der Waals surface area contributed by atoms with Gasteiger partial charge < -0.3 is 19.9 Å². The molecule has 2 heterocycles. The van der Waals surface area contributed by atoms with E-state index in [1.165, 1.54) is 4.57 Å². The number of pyridine rings is 1. The standard InChI is InChI=1S/C12H17N3O3/c1-9-2-3-10(13)12(17)15(9)8-11(16)14-4-6-18-7-5-14/h2-3H,4-8,13H2,1H3. The molecule has 1 fully saturated rings. The zero-order valence-corrected chi connectivity index (χ0v) is 10.4. The van der Waals surface area contributed by atoms with E-state index < -0.39 is 0 Å². The van der Waals surface area contributed by atoms with E-state index in [1.54, 1.807) is 24.0 Å². The number of aromatic nitrogens is 1. The Morgan fingerprint density at radius 2 is 2.06 bits per heavy atom. The summed E-state index contributed by atoms with van der Waals surface area (Å²) in [7, 11) is 0. The van der Waals surface area contributed by atoms with Gasteiger partial charge in [-0.15, -0.1) is 0 Å². The van der Waals surface area contributed by atoms with E-state index in [0.29, 0.717) is 26.3 Å². The van der Waals surface area contributed by atoms with Gasteiger partial charge in [0.15, 0.2) is 0 Å². The van der Waals surface area contributed by atoms with E-state index in [9.17, 15) is 9.59 Å². The predicted molar refractivity (Wildman–Crippen MR) is 67.3 cm³/mol. The fourth-order valence-corrected chi connectivity index (χ4v) is 1.93. The molecule has 1 saturated heterocycles. The molecule has 1 aliphatic heterocycles. The summed E-state index contributed by atoms with van der Waals surface area (Å²) in [6, 6.07) is 3.30. The van der Waals surface area contributed by atoms with Crippen LogP contribution in [0.3, 0.4) is 0 Å². The number of amides is 1. The largest absolute Gasteiger partial charge is 0.394 e. The highest BCUT2D eigenvalue weighted by Crippen LogP contribution is 2.03. The Morgan fingerprint density at radius 3 is 2.72 bits per heavy atom. The Balaban J connectivity index is 2.16. The lowest BCUT2D eigenvalue weighted by Crippen LogP contribution is -2.43. The monoisotopic (exact) mass is 251 g/mol. The first-order valence-corrected chi connectivity index (χ1v) is 5.91. The number of morpholine rings is 1. The maximum atomic E-state index is 12.1. The minimum Gasteiger partial charge on any atom is -0.394 e. The van der Waals surface area contributed by atoms with Crippen molar-refractivity contribution < 1.29 is 9.53 Å². The van der Waals surface area contributed by atoms with Gasteiger partial charge in [-0.3, -0.25) is 9.59 Å². The average molecular weight is 251 g/mol. The van der Waals surface area contributed by atoms with Crippen LogP contribution < -0.4 is 11.3 Å². The fraction of sp³-hybridized carbons (Fsp3) is 0.500. The van der Waals surface area contributed by atoms with Gasteiger partial charge in [-0.1, -0.05) is 0 Å². The Kier molecular flexibility index (Phi) is 3.66. The third kappa shape index (κ3) is 2.53. The minimum atomic E-state index is -0.309. The zero-order valence-electron chi connectivity index (χ0n) is 10.4. The van der Waals surface area contributed by atoms with Crippen molar-refractivity contribution in [2.24, 2.45) is 0 Å². The normalized spacial score (nSPS) is 15.7. The van der Waals surface area contributed by atoms with E-state index in [-0.39, 0.29) is 23.7 Å². The maximum Gasteiger partial charge on any atom is 0.274 e. The second kappa shape index (κ2) is 5.22. The molecule has 2 N–H and O–H groups in total. The number of nitrogens with zero attached hydrogens (tertiary/aromatic N) is 2. The number of hydrogen-bond acceptors (Lipinski definition) is 4. The Bertz CT molecular complexity index is 504. The molecule has 0 bridgehead atoms. The van der Waals surface area contributed by atoms with E-state index in [4.69, 9.17) is 10.5 Å². The highest BCUT2D eigenvalue weighted by molar-refractivity contribution is 5.76. The van der Waals surface area contributed by atoms with Gasteiger partial charge in [-0.05, 0) is 19.1 Å². The van der Waals surface area contributed by atoms with Gasteiger partial charge >= 0.3 is 0 Å². The van der Waals surface area contributed by atoms with Crippen LogP contribution in [0, 0.1) is 6.92 Å². The van der Waals surface area contributed by atoms with Crippen molar-refractivity contribution >= 4 is 11.6 Å². The smallest absolute Gasteiger partial charge is 0.274 e. The van der Waals surface area contributed by atoms with Crippen molar-refractivity contribution in [3.8, 4) is 0 Å². The first-order valence-electron chi connectivity index (χ1n) is 5.91. The molecule has 0 aliphatic carbocycles. The van der Waals surface area contributed by atoms with Crippen LogP contribution in [0.4, 0.5) is 5.69 Å². The van der Waals surface area contributed by atoms with Crippen molar-refractivity contribution in [3.05, 3.63) is 28.2 Å². The summed E-state index contributed by atoms with van der Waals surface area (Å²) < 4.78 is 6.59. The number of aryl methyl sites for hydroxylation is 1. The van der Waals surface area contributed by atoms with Gasteiger partial charge in [-0.2, -0.15) is 0 Å². The number of carbonyl (C=O) groups is 1. The summed E-state index contributed by atoms with van der Waals surface area (Å²) in [4.78, 5) is 25.6. The van der Waals surface area contributed by atoms with Gasteiger partial charge in [0.05, 0.1) is 18.9 Å². The second-order valence-corrected chi connectivity index (χ2v) is 4.31. The predicted octanol–water partition coefficient (Wildman–Crippen LogP) is -0.402. The summed E-state index contributed by atoms with van der Waals surface area (Å²) in [5.74, 6) is -0.0749. The third-order valence-electron chi connectivity index (χ3n) is 3.08. The van der Waals surface area contributed by atoms with Crippen LogP contribution in [0.2, 0.25) is 0 Å². The summed E-state index contributed by atoms with van der Waals surface area (Å²) in [6.45, 7) is 4.08. The molecule has 0 aromatic carbocycles. The highest BCUT2D eigenvalue weighted by atomic mass is 16.5. The molecule has 1 aliphatic rings. The number of hydrogen-bond donors (Lipinski definition) is 1. The number of rotatable bonds is 2. The molecular formula is C12H17N3O3. The number of carbonyl (C=O) groups excluding carboxylic acids is 1. The molecule has 0 atom stereocenters. The van der Waals surface area contributed by atoms with E-state index in [1.807, 2.05) is 0 Å². The lowest BCUT2D eigenvalue weighted by Gasteiger charge is -2.27. The topological polar surface area (TPSA) is 77.6 Å². The quantitative estimate of drug-likeness (QED) is 0.775. The third-order valence-corrected chi connectivity index (χ3v) is 3.08. The van der Waals surface area contributed by atoms with Crippen LogP contribution in [-0.4, -0.2) is 41.7 Å². The molecule has 18 heavy (non-hydrogen) atoms. The molecule has 0 radical (unpaired) electrons. The molecule has 2 rings (SSSR count). The fourth-order valence-electron chi connectivity index (χ4n) is 1.93. The molecule has 6 nitrogen and oxygen atoms in total. The Hall–Kier alpha value is -1.82. The van der Waals surface area contributed by atoms with E-state index in [2.05, 4.69) is 0 Å².